The van der Waals surface area contributed by atoms with Gasteiger partial charge in [0.2, 0.25) is 5.91 Å². The lowest BCUT2D eigenvalue weighted by Crippen LogP contribution is -2.44. The zero-order valence-corrected chi connectivity index (χ0v) is 9.07. The van der Waals surface area contributed by atoms with Crippen LogP contribution in [0.5, 0.6) is 0 Å². The van der Waals surface area contributed by atoms with Crippen molar-refractivity contribution in [2.24, 2.45) is 17.8 Å². The molecule has 1 amide bonds. The van der Waals surface area contributed by atoms with E-state index >= 15 is 0 Å². The Morgan fingerprint density at radius 3 is 2.60 bits per heavy atom. The monoisotopic (exact) mass is 213 g/mol. The van der Waals surface area contributed by atoms with Crippen LogP contribution in [0.25, 0.3) is 0 Å². The third-order valence-corrected chi connectivity index (χ3v) is 3.69. The van der Waals surface area contributed by atoms with Crippen LogP contribution < -0.4 is 5.32 Å². The molecule has 3 unspecified atom stereocenters. The molecule has 0 heterocycles. The number of hydrogen-bond acceptors (Lipinski definition) is 3. The lowest BCUT2D eigenvalue weighted by atomic mass is 10.1. The summed E-state index contributed by atoms with van der Waals surface area (Å²) in [6, 6.07) is 0. The van der Waals surface area contributed by atoms with Gasteiger partial charge in [-0.3, -0.25) is 4.79 Å². The van der Waals surface area contributed by atoms with Gasteiger partial charge in [-0.05, 0) is 31.6 Å². The average Bonchev–Trinajstić information content (AvgIpc) is 2.69. The van der Waals surface area contributed by atoms with Crippen molar-refractivity contribution < 1.29 is 15.0 Å². The Kier molecular flexibility index (Phi) is 2.73. The summed E-state index contributed by atoms with van der Waals surface area (Å²) in [4.78, 5) is 11.7. The summed E-state index contributed by atoms with van der Waals surface area (Å²) in [6.45, 7) is 1.32. The molecule has 0 bridgehead atoms. The predicted molar refractivity (Wildman–Crippen MR) is 55.0 cm³/mol. The number of rotatable bonds is 4. The van der Waals surface area contributed by atoms with E-state index in [-0.39, 0.29) is 25.0 Å². The number of amides is 1. The van der Waals surface area contributed by atoms with E-state index in [1.54, 1.807) is 0 Å². The quantitative estimate of drug-likeness (QED) is 0.610. The maximum absolute atomic E-state index is 11.7. The van der Waals surface area contributed by atoms with E-state index in [9.17, 15) is 9.90 Å². The Morgan fingerprint density at radius 2 is 2.07 bits per heavy atom. The lowest BCUT2D eigenvalue weighted by molar-refractivity contribution is -0.124. The minimum absolute atomic E-state index is 0.0541. The fraction of sp³-hybridized carbons (Fsp3) is 0.909. The van der Waals surface area contributed by atoms with Gasteiger partial charge >= 0.3 is 0 Å². The van der Waals surface area contributed by atoms with Crippen LogP contribution in [0.15, 0.2) is 0 Å². The van der Waals surface area contributed by atoms with Gasteiger partial charge in [0, 0.05) is 12.5 Å². The van der Waals surface area contributed by atoms with Gasteiger partial charge in [0.25, 0.3) is 0 Å². The van der Waals surface area contributed by atoms with Crippen LogP contribution in [-0.4, -0.2) is 34.9 Å². The van der Waals surface area contributed by atoms with E-state index in [4.69, 9.17) is 5.11 Å². The van der Waals surface area contributed by atoms with Gasteiger partial charge in [-0.1, -0.05) is 6.42 Å². The molecule has 4 heteroatoms. The molecular weight excluding hydrogens is 194 g/mol. The smallest absolute Gasteiger partial charge is 0.223 e. The van der Waals surface area contributed by atoms with Crippen molar-refractivity contribution >= 4 is 5.91 Å². The third-order valence-electron chi connectivity index (χ3n) is 3.69. The van der Waals surface area contributed by atoms with Crippen molar-refractivity contribution in [2.75, 3.05) is 13.2 Å². The minimum atomic E-state index is -1.19. The zero-order valence-electron chi connectivity index (χ0n) is 9.07. The molecule has 0 spiro atoms. The maximum atomic E-state index is 11.7. The molecule has 2 fully saturated rings. The van der Waals surface area contributed by atoms with Crippen LogP contribution in [-0.2, 0) is 4.79 Å². The molecule has 0 saturated heterocycles. The number of carbonyl (C=O) groups is 1. The van der Waals surface area contributed by atoms with E-state index in [0.29, 0.717) is 11.8 Å². The fourth-order valence-electron chi connectivity index (χ4n) is 2.66. The average molecular weight is 213 g/mol. The van der Waals surface area contributed by atoms with E-state index in [1.165, 1.54) is 26.2 Å². The summed E-state index contributed by atoms with van der Waals surface area (Å²) in [5, 5.41) is 21.0. The van der Waals surface area contributed by atoms with Crippen molar-refractivity contribution in [1.82, 2.24) is 5.32 Å². The highest BCUT2D eigenvalue weighted by Gasteiger charge is 2.56. The second-order valence-corrected chi connectivity index (χ2v) is 5.16. The van der Waals surface area contributed by atoms with Crippen molar-refractivity contribution in [3.8, 4) is 0 Å². The Labute approximate surface area is 89.7 Å². The normalized spacial score (nSPS) is 36.9. The van der Waals surface area contributed by atoms with Crippen LogP contribution in [0, 0.1) is 17.8 Å². The number of carbonyl (C=O) groups excluding carboxylic acids is 1. The largest absolute Gasteiger partial charge is 0.393 e. The fourth-order valence-corrected chi connectivity index (χ4v) is 2.66. The molecular formula is C11H19NO3. The molecule has 15 heavy (non-hydrogen) atoms. The highest BCUT2D eigenvalue weighted by molar-refractivity contribution is 5.82. The van der Waals surface area contributed by atoms with Crippen molar-refractivity contribution in [3.63, 3.8) is 0 Å². The summed E-state index contributed by atoms with van der Waals surface area (Å²) in [5.41, 5.74) is -1.19. The summed E-state index contributed by atoms with van der Waals surface area (Å²) in [5.74, 6) is 1.44. The minimum Gasteiger partial charge on any atom is -0.393 e. The van der Waals surface area contributed by atoms with Gasteiger partial charge < -0.3 is 15.5 Å². The molecule has 0 aromatic carbocycles. The molecule has 2 aliphatic carbocycles. The van der Waals surface area contributed by atoms with Gasteiger partial charge in [0.1, 0.15) is 5.60 Å². The molecule has 2 aliphatic rings. The van der Waals surface area contributed by atoms with Crippen LogP contribution in [0.3, 0.4) is 0 Å². The summed E-state index contributed by atoms with van der Waals surface area (Å²) >= 11 is 0. The standard InChI is InChI=1S/C11H19NO3/c1-11(15,6-13)5-12-10(14)9-7-3-2-4-8(7)9/h7-9,13,15H,2-6H2,1H3,(H,12,14). The Balaban J connectivity index is 1.75. The van der Waals surface area contributed by atoms with Crippen molar-refractivity contribution in [2.45, 2.75) is 31.8 Å². The number of hydrogen-bond donors (Lipinski definition) is 3. The topological polar surface area (TPSA) is 69.6 Å². The van der Waals surface area contributed by atoms with E-state index in [0.717, 1.165) is 0 Å². The zero-order chi connectivity index (χ0) is 11.1. The summed E-state index contributed by atoms with van der Waals surface area (Å²) in [7, 11) is 0. The molecule has 0 aromatic rings. The lowest BCUT2D eigenvalue weighted by Gasteiger charge is -2.20. The SMILES string of the molecule is CC(O)(CO)CNC(=O)C1C2CCCC21. The van der Waals surface area contributed by atoms with Crippen LogP contribution in [0.2, 0.25) is 0 Å². The maximum Gasteiger partial charge on any atom is 0.223 e. The van der Waals surface area contributed by atoms with Gasteiger partial charge in [0.15, 0.2) is 0 Å². The van der Waals surface area contributed by atoms with Gasteiger partial charge in [0.05, 0.1) is 6.61 Å². The second-order valence-electron chi connectivity index (χ2n) is 5.16. The molecule has 3 N–H and O–H groups in total. The number of nitrogens with one attached hydrogen (secondary N) is 1. The molecule has 2 rings (SSSR count). The first-order valence-electron chi connectivity index (χ1n) is 5.66. The first-order chi connectivity index (χ1) is 7.05. The molecule has 0 radical (unpaired) electrons. The second kappa shape index (κ2) is 3.76. The first-order valence-corrected chi connectivity index (χ1v) is 5.66. The molecule has 0 aromatic heterocycles. The third kappa shape index (κ3) is 2.16. The van der Waals surface area contributed by atoms with Gasteiger partial charge in [-0.2, -0.15) is 0 Å². The molecule has 4 nitrogen and oxygen atoms in total. The summed E-state index contributed by atoms with van der Waals surface area (Å²) < 4.78 is 0. The van der Waals surface area contributed by atoms with Crippen molar-refractivity contribution in [3.05, 3.63) is 0 Å². The van der Waals surface area contributed by atoms with E-state index in [2.05, 4.69) is 5.32 Å². The molecule has 2 saturated carbocycles. The van der Waals surface area contributed by atoms with Crippen LogP contribution in [0.1, 0.15) is 26.2 Å². The Morgan fingerprint density at radius 1 is 1.47 bits per heavy atom. The van der Waals surface area contributed by atoms with E-state index in [1.807, 2.05) is 0 Å². The number of fused-ring (bicyclic) bond motifs is 1. The van der Waals surface area contributed by atoms with Gasteiger partial charge in [-0.15, -0.1) is 0 Å². The van der Waals surface area contributed by atoms with Crippen LogP contribution in [0.4, 0.5) is 0 Å². The Bertz CT molecular complexity index is 255. The molecule has 86 valence electrons. The molecule has 3 atom stereocenters. The van der Waals surface area contributed by atoms with Crippen LogP contribution >= 0.6 is 0 Å². The van der Waals surface area contributed by atoms with Gasteiger partial charge in [-0.25, -0.2) is 0 Å². The predicted octanol–water partition coefficient (Wildman–Crippen LogP) is -0.108. The highest BCUT2D eigenvalue weighted by Crippen LogP contribution is 2.57. The van der Waals surface area contributed by atoms with E-state index < -0.39 is 5.60 Å². The number of aliphatic hydroxyl groups is 2. The number of aliphatic hydroxyl groups excluding tert-OH is 1. The highest BCUT2D eigenvalue weighted by atomic mass is 16.3. The molecule has 0 aliphatic heterocycles. The summed E-state index contributed by atoms with van der Waals surface area (Å²) in [6.07, 6.45) is 3.62. The Hall–Kier alpha value is -0.610. The van der Waals surface area contributed by atoms with Crippen molar-refractivity contribution in [1.29, 1.82) is 0 Å². The first kappa shape index (κ1) is 10.9.